The summed E-state index contributed by atoms with van der Waals surface area (Å²) < 4.78 is 27.2. The molecule has 8 heteroatoms. The molecule has 0 saturated carbocycles. The highest BCUT2D eigenvalue weighted by molar-refractivity contribution is 9.10. The molecule has 2 atom stereocenters. The average molecular weight is 403 g/mol. The summed E-state index contributed by atoms with van der Waals surface area (Å²) in [4.78, 5) is -0.0763. The van der Waals surface area contributed by atoms with Gasteiger partial charge in [-0.15, -0.1) is 0 Å². The Kier molecular flexibility index (Phi) is 5.04. The van der Waals surface area contributed by atoms with Crippen LogP contribution in [0.1, 0.15) is 13.3 Å². The van der Waals surface area contributed by atoms with Crippen molar-refractivity contribution >= 4 is 49.2 Å². The van der Waals surface area contributed by atoms with Gasteiger partial charge in [0.25, 0.3) is 0 Å². The first-order chi connectivity index (χ1) is 9.23. The number of nitrogens with zero attached hydrogens (tertiary/aromatic N) is 1. The molecule has 0 amide bonds. The quantitative estimate of drug-likeness (QED) is 0.826. The van der Waals surface area contributed by atoms with Crippen molar-refractivity contribution in [2.24, 2.45) is 5.92 Å². The van der Waals surface area contributed by atoms with Crippen LogP contribution in [-0.2, 0) is 10.0 Å². The van der Waals surface area contributed by atoms with Crippen LogP contribution in [0.4, 0.5) is 0 Å². The second-order valence-electron chi connectivity index (χ2n) is 4.89. The number of aliphatic hydroxyl groups is 1. The molecule has 1 aliphatic rings. The molecular formula is C12H14BrCl2NO3S. The Balaban J connectivity index is 2.41. The minimum Gasteiger partial charge on any atom is -0.393 e. The van der Waals surface area contributed by atoms with Gasteiger partial charge in [0.1, 0.15) is 4.90 Å². The molecule has 0 aliphatic carbocycles. The van der Waals surface area contributed by atoms with Gasteiger partial charge < -0.3 is 5.11 Å². The van der Waals surface area contributed by atoms with E-state index >= 15 is 0 Å². The second kappa shape index (κ2) is 6.10. The molecule has 0 spiro atoms. The van der Waals surface area contributed by atoms with Gasteiger partial charge in [-0.3, -0.25) is 0 Å². The van der Waals surface area contributed by atoms with Crippen LogP contribution < -0.4 is 0 Å². The van der Waals surface area contributed by atoms with Crippen molar-refractivity contribution < 1.29 is 13.5 Å². The molecule has 1 heterocycles. The molecular weight excluding hydrogens is 389 g/mol. The summed E-state index contributed by atoms with van der Waals surface area (Å²) in [6.07, 6.45) is -0.0658. The fraction of sp³-hybridized carbons (Fsp3) is 0.500. The minimum atomic E-state index is -3.76. The van der Waals surface area contributed by atoms with E-state index in [-0.39, 0.29) is 33.9 Å². The van der Waals surface area contributed by atoms with E-state index in [4.69, 9.17) is 23.2 Å². The highest BCUT2D eigenvalue weighted by Gasteiger charge is 2.35. The van der Waals surface area contributed by atoms with Crippen LogP contribution in [0.15, 0.2) is 21.5 Å². The van der Waals surface area contributed by atoms with Gasteiger partial charge in [0.15, 0.2) is 0 Å². The molecule has 112 valence electrons. The third kappa shape index (κ3) is 3.15. The normalized spacial score (nSPS) is 24.9. The van der Waals surface area contributed by atoms with E-state index in [1.807, 2.05) is 6.92 Å². The number of benzene rings is 1. The largest absolute Gasteiger partial charge is 0.393 e. The summed E-state index contributed by atoms with van der Waals surface area (Å²) in [5, 5.41) is 9.87. The van der Waals surface area contributed by atoms with E-state index in [1.54, 1.807) is 0 Å². The zero-order chi connectivity index (χ0) is 15.1. The van der Waals surface area contributed by atoms with Crippen molar-refractivity contribution in [1.29, 1.82) is 0 Å². The predicted octanol–water partition coefficient (Wildman–Crippen LogP) is 3.15. The molecule has 1 aromatic carbocycles. The van der Waals surface area contributed by atoms with E-state index < -0.39 is 16.1 Å². The number of rotatable bonds is 2. The van der Waals surface area contributed by atoms with Gasteiger partial charge in [0.05, 0.1) is 16.1 Å². The molecule has 20 heavy (non-hydrogen) atoms. The third-order valence-corrected chi connectivity index (χ3v) is 6.63. The van der Waals surface area contributed by atoms with Crippen LogP contribution in [0.5, 0.6) is 0 Å². The van der Waals surface area contributed by atoms with E-state index in [0.717, 1.165) is 0 Å². The maximum atomic E-state index is 12.7. The van der Waals surface area contributed by atoms with Gasteiger partial charge in [-0.05, 0) is 24.5 Å². The SMILES string of the molecule is CC1CN(S(=O)(=O)c2c(Cl)cc(Br)cc2Cl)CCC1O. The summed E-state index contributed by atoms with van der Waals surface area (Å²) in [7, 11) is -3.76. The van der Waals surface area contributed by atoms with Crippen molar-refractivity contribution in [3.63, 3.8) is 0 Å². The lowest BCUT2D eigenvalue weighted by atomic mass is 9.99. The molecule has 1 saturated heterocycles. The lowest BCUT2D eigenvalue weighted by molar-refractivity contribution is 0.0629. The summed E-state index contributed by atoms with van der Waals surface area (Å²) in [6, 6.07) is 3.01. The van der Waals surface area contributed by atoms with Gasteiger partial charge in [0, 0.05) is 17.6 Å². The topological polar surface area (TPSA) is 57.6 Å². The number of hydrogen-bond acceptors (Lipinski definition) is 3. The van der Waals surface area contributed by atoms with Crippen LogP contribution in [-0.4, -0.2) is 37.0 Å². The first-order valence-corrected chi connectivity index (χ1v) is 9.05. The highest BCUT2D eigenvalue weighted by atomic mass is 79.9. The standard InChI is InChI=1S/C12H14BrCl2NO3S/c1-7-6-16(3-2-11(7)17)20(18,19)12-9(14)4-8(13)5-10(12)15/h4-5,7,11,17H,2-3,6H2,1H3. The Hall–Kier alpha value is 0.150. The Morgan fingerprint density at radius 2 is 1.90 bits per heavy atom. The van der Waals surface area contributed by atoms with Gasteiger partial charge in [-0.1, -0.05) is 46.1 Å². The predicted molar refractivity (Wildman–Crippen MR) is 82.7 cm³/mol. The summed E-state index contributed by atoms with van der Waals surface area (Å²) >= 11 is 15.3. The van der Waals surface area contributed by atoms with Gasteiger partial charge >= 0.3 is 0 Å². The number of aliphatic hydroxyl groups excluding tert-OH is 1. The molecule has 1 fully saturated rings. The highest BCUT2D eigenvalue weighted by Crippen LogP contribution is 2.35. The number of piperidine rings is 1. The second-order valence-corrected chi connectivity index (χ2v) is 8.50. The molecule has 0 radical (unpaired) electrons. The number of hydrogen-bond donors (Lipinski definition) is 1. The fourth-order valence-electron chi connectivity index (χ4n) is 2.22. The van der Waals surface area contributed by atoms with Crippen LogP contribution in [0.2, 0.25) is 10.0 Å². The maximum absolute atomic E-state index is 12.7. The zero-order valence-electron chi connectivity index (χ0n) is 10.7. The molecule has 2 unspecified atom stereocenters. The third-order valence-electron chi connectivity index (χ3n) is 3.38. The van der Waals surface area contributed by atoms with Crippen LogP contribution in [0.3, 0.4) is 0 Å². The van der Waals surface area contributed by atoms with Crippen molar-refractivity contribution in [2.45, 2.75) is 24.3 Å². The van der Waals surface area contributed by atoms with Crippen molar-refractivity contribution in [2.75, 3.05) is 13.1 Å². The number of halogens is 3. The van der Waals surface area contributed by atoms with Gasteiger partial charge in [0.2, 0.25) is 10.0 Å². The van der Waals surface area contributed by atoms with Gasteiger partial charge in [-0.2, -0.15) is 4.31 Å². The lowest BCUT2D eigenvalue weighted by Gasteiger charge is -2.33. The Labute approximate surface area is 136 Å². The Bertz CT molecular complexity index is 600. The van der Waals surface area contributed by atoms with Crippen molar-refractivity contribution in [3.8, 4) is 0 Å². The molecule has 1 aliphatic heterocycles. The minimum absolute atomic E-state index is 0.0763. The lowest BCUT2D eigenvalue weighted by Crippen LogP contribution is -2.45. The molecule has 1 N–H and O–H groups in total. The molecule has 1 aromatic rings. The van der Waals surface area contributed by atoms with Crippen LogP contribution in [0, 0.1) is 5.92 Å². The Morgan fingerprint density at radius 1 is 1.35 bits per heavy atom. The van der Waals surface area contributed by atoms with E-state index in [9.17, 15) is 13.5 Å². The molecule has 0 aromatic heterocycles. The first kappa shape index (κ1) is 16.5. The summed E-state index contributed by atoms with van der Waals surface area (Å²) in [5.74, 6) is -0.119. The smallest absolute Gasteiger partial charge is 0.246 e. The van der Waals surface area contributed by atoms with Crippen LogP contribution >= 0.6 is 39.1 Å². The monoisotopic (exact) mass is 401 g/mol. The fourth-order valence-corrected chi connectivity index (χ4v) is 5.66. The van der Waals surface area contributed by atoms with E-state index in [1.165, 1.54) is 16.4 Å². The van der Waals surface area contributed by atoms with Crippen molar-refractivity contribution in [3.05, 3.63) is 26.7 Å². The number of sulfonamides is 1. The molecule has 4 nitrogen and oxygen atoms in total. The van der Waals surface area contributed by atoms with Crippen LogP contribution in [0.25, 0.3) is 0 Å². The molecule has 2 rings (SSSR count). The zero-order valence-corrected chi connectivity index (χ0v) is 14.6. The average Bonchev–Trinajstić information content (AvgIpc) is 2.30. The molecule has 0 bridgehead atoms. The first-order valence-electron chi connectivity index (χ1n) is 6.06. The summed E-state index contributed by atoms with van der Waals surface area (Å²) in [6.45, 7) is 2.33. The van der Waals surface area contributed by atoms with E-state index in [2.05, 4.69) is 15.9 Å². The van der Waals surface area contributed by atoms with Gasteiger partial charge in [-0.25, -0.2) is 8.42 Å². The Morgan fingerprint density at radius 3 is 2.40 bits per heavy atom. The van der Waals surface area contributed by atoms with Crippen molar-refractivity contribution in [1.82, 2.24) is 4.31 Å². The summed E-state index contributed by atoms with van der Waals surface area (Å²) in [5.41, 5.74) is 0. The van der Waals surface area contributed by atoms with E-state index in [0.29, 0.717) is 10.9 Å². The maximum Gasteiger partial charge on any atom is 0.246 e.